The molecular weight excluding hydrogens is 471 g/mol. The Morgan fingerprint density at radius 2 is 1.88 bits per heavy atom. The number of hydrogen-bond acceptors (Lipinski definition) is 0. The van der Waals surface area contributed by atoms with Crippen LogP contribution in [0.1, 0.15) is 26.7 Å². The smallest absolute Gasteiger partial charge is 0 e. The fourth-order valence-corrected chi connectivity index (χ4v) is 4.66. The van der Waals surface area contributed by atoms with Gasteiger partial charge < -0.3 is 14.9 Å². The molecule has 128 valence electrons. The molecule has 0 amide bonds. The Bertz CT molecular complexity index is 689. The summed E-state index contributed by atoms with van der Waals surface area (Å²) in [6.45, 7) is 9.22. The average molecular weight is 500 g/mol. The maximum absolute atomic E-state index is 3.63. The van der Waals surface area contributed by atoms with Crippen LogP contribution >= 0.6 is 0 Å². The van der Waals surface area contributed by atoms with Gasteiger partial charge in [0.05, 0.1) is 0 Å². The molecule has 3 aliphatic carbocycles. The molecule has 0 radical (unpaired) electrons. The molecule has 24 heavy (non-hydrogen) atoms. The number of fused-ring (bicyclic) bond motifs is 1. The zero-order valence-electron chi connectivity index (χ0n) is 16.0. The van der Waals surface area contributed by atoms with E-state index in [1.807, 2.05) is 0 Å². The van der Waals surface area contributed by atoms with Crippen LogP contribution in [0, 0.1) is 26.8 Å². The molecule has 3 rings (SSSR count). The van der Waals surface area contributed by atoms with E-state index >= 15 is 0 Å². The van der Waals surface area contributed by atoms with Crippen molar-refractivity contribution in [2.24, 2.45) is 5.92 Å². The molecule has 0 saturated carbocycles. The molecule has 3 aliphatic rings. The van der Waals surface area contributed by atoms with Gasteiger partial charge in [-0.15, -0.1) is 40.6 Å². The fourth-order valence-electron chi connectivity index (χ4n) is 3.55. The summed E-state index contributed by atoms with van der Waals surface area (Å²) in [4.78, 5) is 0. The monoisotopic (exact) mass is 501 g/mol. The zero-order valence-corrected chi connectivity index (χ0v) is 20.5. The normalized spacial score (nSPS) is 21.1. The topological polar surface area (TPSA) is 0 Å². The maximum atomic E-state index is 3.63. The first-order valence-electron chi connectivity index (χ1n) is 7.82. The minimum atomic E-state index is -0.353. The van der Waals surface area contributed by atoms with Crippen molar-refractivity contribution in [2.75, 3.05) is 0 Å². The van der Waals surface area contributed by atoms with E-state index in [1.165, 1.54) is 33.4 Å². The third-order valence-electron chi connectivity index (χ3n) is 4.42. The molecule has 0 bridgehead atoms. The van der Waals surface area contributed by atoms with E-state index in [-0.39, 0.29) is 49.1 Å². The van der Waals surface area contributed by atoms with Crippen LogP contribution in [0.2, 0.25) is 13.1 Å². The molecule has 0 aromatic heterocycles. The van der Waals surface area contributed by atoms with Crippen LogP contribution in [0.4, 0.5) is 0 Å². The molecular formula is C22H29HfSi-3. The molecule has 2 heteroatoms. The van der Waals surface area contributed by atoms with Crippen molar-refractivity contribution >= 4 is 14.1 Å². The van der Waals surface area contributed by atoms with Gasteiger partial charge in [0, 0.05) is 25.8 Å². The Morgan fingerprint density at radius 3 is 2.46 bits per heavy atom. The molecule has 0 nitrogen and oxygen atoms in total. The van der Waals surface area contributed by atoms with E-state index in [0.717, 1.165) is 12.8 Å². The number of allylic oxidation sites excluding steroid dienone is 12. The van der Waals surface area contributed by atoms with Gasteiger partial charge >= 0.3 is 0 Å². The maximum Gasteiger partial charge on any atom is 0 e. The molecule has 0 spiro atoms. The second-order valence-corrected chi connectivity index (χ2v) is 8.89. The quantitative estimate of drug-likeness (QED) is 0.330. The van der Waals surface area contributed by atoms with Crippen molar-refractivity contribution < 1.29 is 25.8 Å². The number of hydrogen-bond donors (Lipinski definition) is 0. The van der Waals surface area contributed by atoms with Crippen LogP contribution in [0.3, 0.4) is 0 Å². The van der Waals surface area contributed by atoms with Gasteiger partial charge in [-0.3, -0.25) is 0 Å². The van der Waals surface area contributed by atoms with Gasteiger partial charge in [0.15, 0.2) is 0 Å². The van der Waals surface area contributed by atoms with Crippen LogP contribution in [-0.4, -0.2) is 14.1 Å². The fraction of sp³-hybridized carbons (Fsp3) is 0.318. The van der Waals surface area contributed by atoms with E-state index in [2.05, 4.69) is 69.1 Å². The molecule has 0 aliphatic heterocycles. The second-order valence-electron chi connectivity index (χ2n) is 6.40. The summed E-state index contributed by atoms with van der Waals surface area (Å²) < 4.78 is 0. The van der Waals surface area contributed by atoms with Gasteiger partial charge in [0.2, 0.25) is 0 Å². The summed E-state index contributed by atoms with van der Waals surface area (Å²) in [6, 6.07) is 0. The summed E-state index contributed by atoms with van der Waals surface area (Å²) in [7, 11) is -0.353. The third-order valence-corrected chi connectivity index (χ3v) is 5.49. The molecule has 0 aromatic carbocycles. The first-order valence-corrected chi connectivity index (χ1v) is 10.4. The van der Waals surface area contributed by atoms with Crippen molar-refractivity contribution in [3.05, 3.63) is 84.7 Å². The first kappa shape index (κ1) is 23.4. The Balaban J connectivity index is 0.00000176. The van der Waals surface area contributed by atoms with Crippen molar-refractivity contribution in [1.82, 2.24) is 0 Å². The molecule has 0 heterocycles. The summed E-state index contributed by atoms with van der Waals surface area (Å²) in [5, 5.41) is 0. The number of rotatable bonds is 2. The van der Waals surface area contributed by atoms with Crippen LogP contribution in [-0.2, 0) is 25.8 Å². The van der Waals surface area contributed by atoms with E-state index in [4.69, 9.17) is 0 Å². The van der Waals surface area contributed by atoms with Gasteiger partial charge in [0.1, 0.15) is 0 Å². The van der Waals surface area contributed by atoms with E-state index < -0.39 is 0 Å². The standard InChI is InChI=1S/C20H23Si.2CH3.Hf/c1-14-8-7-11-18(14)19-15(2)12-16-9-5-6-10-17(20(16)19)13-21(3)4;;;/h5-9,13,17H,10-11H2,1-4H3;2*1H3;/q3*-1;. The van der Waals surface area contributed by atoms with Crippen molar-refractivity contribution in [3.8, 4) is 0 Å². The van der Waals surface area contributed by atoms with E-state index in [0.29, 0.717) is 5.92 Å². The summed E-state index contributed by atoms with van der Waals surface area (Å²) in [6.07, 6.45) is 17.1. The molecule has 0 aromatic rings. The Morgan fingerprint density at radius 1 is 1.17 bits per heavy atom. The minimum Gasteiger partial charge on any atom is -0.358 e. The zero-order chi connectivity index (χ0) is 15.0. The summed E-state index contributed by atoms with van der Waals surface area (Å²) in [5.74, 6) is 0.555. The Labute approximate surface area is 169 Å². The van der Waals surface area contributed by atoms with Crippen LogP contribution in [0.15, 0.2) is 63.8 Å². The third kappa shape index (κ3) is 4.52. The second kappa shape index (κ2) is 9.77. The van der Waals surface area contributed by atoms with Crippen LogP contribution in [0.25, 0.3) is 0 Å². The average Bonchev–Trinajstić information content (AvgIpc) is 2.90. The molecule has 1 atom stereocenters. The van der Waals surface area contributed by atoms with Crippen molar-refractivity contribution in [3.63, 3.8) is 0 Å². The Hall–Kier alpha value is -0.603. The van der Waals surface area contributed by atoms with Gasteiger partial charge in [-0.1, -0.05) is 49.4 Å². The largest absolute Gasteiger partial charge is 0.358 e. The predicted molar refractivity (Wildman–Crippen MR) is 108 cm³/mol. The summed E-state index contributed by atoms with van der Waals surface area (Å²) >= 11 is 0. The molecule has 0 fully saturated rings. The van der Waals surface area contributed by atoms with Gasteiger partial charge in [-0.25, -0.2) is 0 Å². The minimum absolute atomic E-state index is 0. The predicted octanol–water partition coefficient (Wildman–Crippen LogP) is 5.86. The first-order chi connectivity index (χ1) is 10.1. The SMILES string of the molecule is CC1=[C-]C2=CC=CCC(C=[Si](C)C)C2=C1C1=C(C)C=CC1.[CH3-].[CH3-].[Hf]. The molecule has 0 N–H and O–H groups in total. The van der Waals surface area contributed by atoms with Gasteiger partial charge in [-0.2, -0.15) is 5.57 Å². The van der Waals surface area contributed by atoms with E-state index in [9.17, 15) is 0 Å². The van der Waals surface area contributed by atoms with Crippen LogP contribution < -0.4 is 0 Å². The van der Waals surface area contributed by atoms with Gasteiger partial charge in [-0.05, 0) is 34.1 Å². The van der Waals surface area contributed by atoms with E-state index in [1.54, 1.807) is 0 Å². The van der Waals surface area contributed by atoms with Crippen molar-refractivity contribution in [2.45, 2.75) is 39.8 Å². The van der Waals surface area contributed by atoms with Crippen molar-refractivity contribution in [1.29, 1.82) is 0 Å². The molecule has 0 saturated heterocycles. The molecule has 1 unspecified atom stereocenters. The Kier molecular flexibility index (Phi) is 9.52. The van der Waals surface area contributed by atoms with Crippen LogP contribution in [0.5, 0.6) is 0 Å². The van der Waals surface area contributed by atoms with Gasteiger partial charge in [0.25, 0.3) is 0 Å². The summed E-state index contributed by atoms with van der Waals surface area (Å²) in [5.41, 5.74) is 11.2.